The SMILES string of the molecule is CSCCC(=O)C(=O)COP(=O)(OCC(=O)C(=O)CCSC)OCC(=O)C(=O)CCSC. The number of phosphoric ester groups is 1. The molecule has 0 unspecified atom stereocenters. The maximum Gasteiger partial charge on any atom is 0.476 e. The quantitative estimate of drug-likeness (QED) is 0.157. The Morgan fingerprint density at radius 2 is 0.781 bits per heavy atom. The Morgan fingerprint density at radius 1 is 0.531 bits per heavy atom. The average molecular weight is 531 g/mol. The predicted molar refractivity (Wildman–Crippen MR) is 125 cm³/mol. The minimum Gasteiger partial charge on any atom is -0.291 e. The minimum atomic E-state index is -4.71. The fourth-order valence-electron chi connectivity index (χ4n) is 1.77. The van der Waals surface area contributed by atoms with Crippen LogP contribution in [0.25, 0.3) is 0 Å². The lowest BCUT2D eigenvalue weighted by Gasteiger charge is -2.16. The highest BCUT2D eigenvalue weighted by Crippen LogP contribution is 2.49. The van der Waals surface area contributed by atoms with Crippen LogP contribution in [0.3, 0.4) is 0 Å². The topological polar surface area (TPSA) is 147 Å². The second-order valence-electron chi connectivity index (χ2n) is 6.03. The van der Waals surface area contributed by atoms with Gasteiger partial charge < -0.3 is 0 Å². The molecule has 0 heterocycles. The number of rotatable bonds is 21. The summed E-state index contributed by atoms with van der Waals surface area (Å²) >= 11 is 4.05. The van der Waals surface area contributed by atoms with Gasteiger partial charge in [0, 0.05) is 36.5 Å². The number of carbonyl (C=O) groups is 6. The van der Waals surface area contributed by atoms with Crippen molar-refractivity contribution in [1.82, 2.24) is 0 Å². The first-order valence-electron chi connectivity index (χ1n) is 9.28. The van der Waals surface area contributed by atoms with Gasteiger partial charge in [0.25, 0.3) is 0 Å². The van der Waals surface area contributed by atoms with Gasteiger partial charge in [0.2, 0.25) is 34.7 Å². The van der Waals surface area contributed by atoms with E-state index in [0.717, 1.165) is 0 Å². The van der Waals surface area contributed by atoms with E-state index in [2.05, 4.69) is 0 Å². The molecule has 0 saturated heterocycles. The van der Waals surface area contributed by atoms with Crippen LogP contribution in [0.5, 0.6) is 0 Å². The third-order valence-electron chi connectivity index (χ3n) is 3.59. The van der Waals surface area contributed by atoms with E-state index in [1.807, 2.05) is 0 Å². The molecule has 0 amide bonds. The van der Waals surface area contributed by atoms with Gasteiger partial charge in [-0.3, -0.25) is 42.3 Å². The van der Waals surface area contributed by atoms with Gasteiger partial charge >= 0.3 is 7.82 Å². The molecule has 14 heteroatoms. The molecule has 0 atom stereocenters. The third-order valence-corrected chi connectivity index (χ3v) is 6.77. The Labute approximate surface area is 199 Å². The summed E-state index contributed by atoms with van der Waals surface area (Å²) < 4.78 is 27.2. The Kier molecular flexibility index (Phi) is 17.2. The van der Waals surface area contributed by atoms with E-state index in [1.54, 1.807) is 18.8 Å². The maximum absolute atomic E-state index is 12.8. The second kappa shape index (κ2) is 17.6. The van der Waals surface area contributed by atoms with E-state index in [4.69, 9.17) is 13.6 Å². The molecule has 10 nitrogen and oxygen atoms in total. The fraction of sp³-hybridized carbons (Fsp3) is 0.667. The van der Waals surface area contributed by atoms with Crippen LogP contribution in [0.15, 0.2) is 0 Å². The molecule has 182 valence electrons. The monoisotopic (exact) mass is 530 g/mol. The van der Waals surface area contributed by atoms with Crippen LogP contribution in [0.2, 0.25) is 0 Å². The molecular weight excluding hydrogens is 503 g/mol. The molecule has 0 aromatic heterocycles. The van der Waals surface area contributed by atoms with E-state index in [-0.39, 0.29) is 19.3 Å². The summed E-state index contributed by atoms with van der Waals surface area (Å²) in [5, 5.41) is 0. The molecule has 0 aliphatic heterocycles. The average Bonchev–Trinajstić information content (AvgIpc) is 2.79. The highest BCUT2D eigenvalue weighted by molar-refractivity contribution is 7.99. The number of ketones is 6. The van der Waals surface area contributed by atoms with Crippen molar-refractivity contribution in [1.29, 1.82) is 0 Å². The Balaban J connectivity index is 5.08. The summed E-state index contributed by atoms with van der Waals surface area (Å²) in [6.45, 7) is -2.94. The minimum absolute atomic E-state index is 0.0553. The number of hydrogen-bond donors (Lipinski definition) is 0. The molecule has 0 spiro atoms. The zero-order valence-corrected chi connectivity index (χ0v) is 21.5. The van der Waals surface area contributed by atoms with Gasteiger partial charge in [-0.15, -0.1) is 0 Å². The smallest absolute Gasteiger partial charge is 0.291 e. The second-order valence-corrected chi connectivity index (χ2v) is 10.7. The predicted octanol–water partition coefficient (Wildman–Crippen LogP) is 1.82. The summed E-state index contributed by atoms with van der Waals surface area (Å²) in [5.74, 6) is -4.12. The first-order valence-corrected chi connectivity index (χ1v) is 14.9. The maximum atomic E-state index is 12.8. The van der Waals surface area contributed by atoms with Crippen LogP contribution in [0.4, 0.5) is 0 Å². The molecule has 0 N–H and O–H groups in total. The Morgan fingerprint density at radius 3 is 1.00 bits per heavy atom. The summed E-state index contributed by atoms with van der Waals surface area (Å²) in [4.78, 5) is 70.7. The van der Waals surface area contributed by atoms with Gasteiger partial charge in [-0.2, -0.15) is 35.3 Å². The number of phosphoric acid groups is 1. The van der Waals surface area contributed by atoms with Gasteiger partial charge in [-0.1, -0.05) is 0 Å². The third kappa shape index (κ3) is 13.7. The van der Waals surface area contributed by atoms with Crippen LogP contribution < -0.4 is 0 Å². The molecule has 0 aliphatic rings. The van der Waals surface area contributed by atoms with E-state index in [0.29, 0.717) is 17.3 Å². The van der Waals surface area contributed by atoms with Crippen molar-refractivity contribution in [2.24, 2.45) is 0 Å². The number of thioether (sulfide) groups is 3. The Bertz CT molecular complexity index is 645. The Hall–Kier alpha value is -0.820. The zero-order chi connectivity index (χ0) is 24.6. The zero-order valence-electron chi connectivity index (χ0n) is 18.1. The lowest BCUT2D eigenvalue weighted by atomic mass is 10.2. The molecule has 0 saturated carbocycles. The molecule has 32 heavy (non-hydrogen) atoms. The van der Waals surface area contributed by atoms with Gasteiger partial charge in [-0.25, -0.2) is 4.57 Å². The van der Waals surface area contributed by atoms with Crippen molar-refractivity contribution in [3.63, 3.8) is 0 Å². The van der Waals surface area contributed by atoms with Gasteiger partial charge in [0.05, 0.1) is 0 Å². The highest BCUT2D eigenvalue weighted by Gasteiger charge is 2.33. The normalized spacial score (nSPS) is 11.2. The molecule has 0 radical (unpaired) electrons. The summed E-state index contributed by atoms with van der Waals surface area (Å²) in [7, 11) is -4.71. The lowest BCUT2D eigenvalue weighted by Crippen LogP contribution is -2.24. The molecule has 0 rings (SSSR count). The van der Waals surface area contributed by atoms with Crippen molar-refractivity contribution < 1.29 is 46.9 Å². The van der Waals surface area contributed by atoms with Crippen molar-refractivity contribution >= 4 is 77.8 Å². The van der Waals surface area contributed by atoms with Gasteiger partial charge in [0.15, 0.2) is 0 Å². The number of Topliss-reactive ketones (excluding diaryl/α,β-unsaturated/α-hetero) is 6. The van der Waals surface area contributed by atoms with E-state index in [9.17, 15) is 33.3 Å². The van der Waals surface area contributed by atoms with Gasteiger partial charge in [-0.05, 0) is 18.8 Å². The standard InChI is InChI=1S/C18H27O10PS3/c1-30-7-4-13(19)16(22)10-26-29(25,27-11-17(23)14(20)5-8-31-2)28-12-18(24)15(21)6-9-32-3/h4-12H2,1-3H3. The van der Waals surface area contributed by atoms with Crippen LogP contribution in [-0.4, -0.2) is 90.5 Å². The lowest BCUT2D eigenvalue weighted by molar-refractivity contribution is -0.139. The van der Waals surface area contributed by atoms with Crippen LogP contribution in [0, 0.1) is 0 Å². The summed E-state index contributed by atoms with van der Waals surface area (Å²) in [6, 6.07) is 0. The molecule has 0 bridgehead atoms. The van der Waals surface area contributed by atoms with E-state index in [1.165, 1.54) is 35.3 Å². The highest BCUT2D eigenvalue weighted by atomic mass is 32.2. The largest absolute Gasteiger partial charge is 0.476 e. The first-order chi connectivity index (χ1) is 15.1. The molecule has 0 aromatic rings. The van der Waals surface area contributed by atoms with Gasteiger partial charge in [0.1, 0.15) is 19.8 Å². The van der Waals surface area contributed by atoms with Crippen LogP contribution >= 0.6 is 43.1 Å². The van der Waals surface area contributed by atoms with E-state index >= 15 is 0 Å². The molecule has 0 aliphatic carbocycles. The molecule has 0 fully saturated rings. The van der Waals surface area contributed by atoms with E-state index < -0.39 is 62.3 Å². The van der Waals surface area contributed by atoms with Crippen molar-refractivity contribution in [3.05, 3.63) is 0 Å². The summed E-state index contributed by atoms with van der Waals surface area (Å²) in [6.07, 6.45) is 5.08. The number of hydrogen-bond acceptors (Lipinski definition) is 13. The number of carbonyl (C=O) groups excluding carboxylic acids is 6. The fourth-order valence-corrected chi connectivity index (χ4v) is 3.99. The van der Waals surface area contributed by atoms with Crippen LogP contribution in [-0.2, 0) is 46.9 Å². The van der Waals surface area contributed by atoms with Crippen LogP contribution in [0.1, 0.15) is 19.3 Å². The van der Waals surface area contributed by atoms with Crippen molar-refractivity contribution in [2.75, 3.05) is 55.8 Å². The van der Waals surface area contributed by atoms with Crippen molar-refractivity contribution in [2.45, 2.75) is 19.3 Å². The van der Waals surface area contributed by atoms with Crippen molar-refractivity contribution in [3.8, 4) is 0 Å². The molecular formula is C18H27O10PS3. The first kappa shape index (κ1) is 31.2. The summed E-state index contributed by atoms with van der Waals surface area (Å²) in [5.41, 5.74) is 0. The molecule has 0 aromatic carbocycles.